The van der Waals surface area contributed by atoms with Crippen molar-refractivity contribution in [2.45, 2.75) is 38.5 Å². The molecule has 1 unspecified atom stereocenters. The molecule has 15 heavy (non-hydrogen) atoms. The van der Waals surface area contributed by atoms with Gasteiger partial charge in [0.1, 0.15) is 5.70 Å². The molecular weight excluding hydrogens is 202 g/mol. The number of hydrazine groups is 2. The van der Waals surface area contributed by atoms with Gasteiger partial charge < -0.3 is 5.73 Å². The fourth-order valence-corrected chi connectivity index (χ4v) is 1.80. The Morgan fingerprint density at radius 2 is 1.93 bits per heavy atom. The molecule has 0 heterocycles. The summed E-state index contributed by atoms with van der Waals surface area (Å²) >= 11 is 0. The molecule has 1 aliphatic rings. The molecule has 0 saturated carbocycles. The van der Waals surface area contributed by atoms with Crippen LogP contribution in [-0.4, -0.2) is 11.0 Å². The van der Waals surface area contributed by atoms with E-state index in [2.05, 4.69) is 0 Å². The maximum Gasteiger partial charge on any atom is 0.292 e. The molecule has 0 amide bonds. The monoisotopic (exact) mass is 220 g/mol. The zero-order valence-corrected chi connectivity index (χ0v) is 8.84. The smallest absolute Gasteiger partial charge is 0.292 e. The van der Waals surface area contributed by atoms with Crippen molar-refractivity contribution < 1.29 is 8.78 Å². The first-order chi connectivity index (χ1) is 6.84. The number of hydrogen-bond acceptors (Lipinski definition) is 4. The van der Waals surface area contributed by atoms with E-state index in [9.17, 15) is 8.78 Å². The van der Waals surface area contributed by atoms with Gasteiger partial charge in [-0.15, -0.1) is 0 Å². The summed E-state index contributed by atoms with van der Waals surface area (Å²) in [4.78, 5) is 0. The highest BCUT2D eigenvalue weighted by atomic mass is 19.3. The highest BCUT2D eigenvalue weighted by molar-refractivity contribution is 5.17. The Kier molecular flexibility index (Phi) is 3.51. The lowest BCUT2D eigenvalue weighted by Gasteiger charge is -2.29. The highest BCUT2D eigenvalue weighted by Gasteiger charge is 2.39. The largest absolute Gasteiger partial charge is 0.400 e. The second kappa shape index (κ2) is 4.32. The highest BCUT2D eigenvalue weighted by Crippen LogP contribution is 2.36. The van der Waals surface area contributed by atoms with Crippen LogP contribution >= 0.6 is 0 Å². The zero-order chi connectivity index (χ0) is 11.6. The summed E-state index contributed by atoms with van der Waals surface area (Å²) in [6, 6.07) is 0. The number of nitrogens with two attached hydrogens (primary N) is 3. The zero-order valence-electron chi connectivity index (χ0n) is 8.84. The number of allylic oxidation sites excluding steroid dienone is 2. The Morgan fingerprint density at radius 3 is 2.47 bits per heavy atom. The Morgan fingerprint density at radius 1 is 1.33 bits per heavy atom. The van der Waals surface area contributed by atoms with Crippen molar-refractivity contribution in [3.8, 4) is 0 Å². The third-order valence-corrected chi connectivity index (χ3v) is 2.77. The number of halogens is 2. The molecular formula is C9H18F2N4. The Hall–Kier alpha value is -0.880. The molecule has 0 aromatic rings. The van der Waals surface area contributed by atoms with E-state index in [1.54, 1.807) is 0 Å². The fraction of sp³-hybridized carbons (Fsp3) is 0.778. The summed E-state index contributed by atoms with van der Waals surface area (Å²) in [6.45, 7) is 1.94. The van der Waals surface area contributed by atoms with Crippen LogP contribution in [0.3, 0.4) is 0 Å². The molecule has 0 aromatic carbocycles. The molecule has 0 aromatic heterocycles. The number of alkyl halides is 2. The van der Waals surface area contributed by atoms with Gasteiger partial charge in [-0.05, 0) is 25.2 Å². The Labute approximate surface area is 88.0 Å². The van der Waals surface area contributed by atoms with Gasteiger partial charge in [0.05, 0.1) is 0 Å². The van der Waals surface area contributed by atoms with Gasteiger partial charge in [-0.25, -0.2) is 16.8 Å². The number of rotatable bonds is 1. The third-order valence-electron chi connectivity index (χ3n) is 2.77. The topological polar surface area (TPSA) is 81.3 Å². The van der Waals surface area contributed by atoms with Crippen molar-refractivity contribution >= 4 is 0 Å². The maximum atomic E-state index is 13.6. The van der Waals surface area contributed by atoms with Crippen molar-refractivity contribution in [2.24, 2.45) is 23.3 Å². The normalized spacial score (nSPS) is 31.9. The van der Waals surface area contributed by atoms with E-state index in [1.165, 1.54) is 0 Å². The van der Waals surface area contributed by atoms with Crippen LogP contribution in [0.25, 0.3) is 0 Å². The summed E-state index contributed by atoms with van der Waals surface area (Å²) in [5.41, 5.74) is 5.24. The molecule has 6 N–H and O–H groups in total. The van der Waals surface area contributed by atoms with Crippen molar-refractivity contribution in [2.75, 3.05) is 0 Å². The van der Waals surface area contributed by atoms with Crippen LogP contribution in [0.15, 0.2) is 11.4 Å². The van der Waals surface area contributed by atoms with Crippen LogP contribution in [0.4, 0.5) is 8.78 Å². The minimum atomic E-state index is -3.03. The Bertz CT molecular complexity index is 263. The molecule has 6 heteroatoms. The van der Waals surface area contributed by atoms with Gasteiger partial charge >= 0.3 is 0 Å². The molecule has 1 rings (SSSR count). The lowest BCUT2D eigenvalue weighted by atomic mass is 9.91. The lowest BCUT2D eigenvalue weighted by Crippen LogP contribution is -2.46. The first-order valence-electron chi connectivity index (χ1n) is 5.01. The second-order valence-electron chi connectivity index (χ2n) is 4.17. The fourth-order valence-electron chi connectivity index (χ4n) is 1.80. The Balaban J connectivity index is 3.02. The molecule has 1 atom stereocenters. The maximum absolute atomic E-state index is 13.6. The predicted molar refractivity (Wildman–Crippen MR) is 54.0 cm³/mol. The molecule has 4 nitrogen and oxygen atoms in total. The molecule has 0 radical (unpaired) electrons. The van der Waals surface area contributed by atoms with Gasteiger partial charge in [-0.3, -0.25) is 0 Å². The van der Waals surface area contributed by atoms with Crippen LogP contribution in [0, 0.1) is 5.92 Å². The van der Waals surface area contributed by atoms with Gasteiger partial charge in [0, 0.05) is 12.1 Å². The lowest BCUT2D eigenvalue weighted by molar-refractivity contribution is -0.00743. The molecule has 88 valence electrons. The average molecular weight is 220 g/mol. The summed E-state index contributed by atoms with van der Waals surface area (Å²) in [7, 11) is 0. The minimum Gasteiger partial charge on any atom is -0.400 e. The number of nitrogens with zero attached hydrogens (tertiary/aromatic N) is 1. The number of hydrogen-bond donors (Lipinski definition) is 3. The van der Waals surface area contributed by atoms with E-state index >= 15 is 0 Å². The van der Waals surface area contributed by atoms with Crippen LogP contribution in [0.5, 0.6) is 0 Å². The summed E-state index contributed by atoms with van der Waals surface area (Å²) in [6.07, 6.45) is 1.41. The van der Waals surface area contributed by atoms with Gasteiger partial charge in [0.2, 0.25) is 0 Å². The first-order valence-corrected chi connectivity index (χ1v) is 5.01. The van der Waals surface area contributed by atoms with E-state index in [0.29, 0.717) is 18.0 Å². The standard InChI is InChI=1S/C9H18F2N4/c1-6-2-3-7(12)8(15(13)14)9(10,11)5-4-6/h6H,2-5,12-14H2,1H3/b8-7-. The molecule has 0 saturated heterocycles. The molecule has 0 fully saturated rings. The van der Waals surface area contributed by atoms with Gasteiger partial charge in [0.15, 0.2) is 0 Å². The van der Waals surface area contributed by atoms with E-state index in [0.717, 1.165) is 6.42 Å². The minimum absolute atomic E-state index is 0.0940. The quantitative estimate of drug-likeness (QED) is 0.456. The van der Waals surface area contributed by atoms with Gasteiger partial charge in [0.25, 0.3) is 5.92 Å². The van der Waals surface area contributed by atoms with Crippen LogP contribution in [-0.2, 0) is 0 Å². The van der Waals surface area contributed by atoms with Gasteiger partial charge in [-0.1, -0.05) is 6.92 Å². The average Bonchev–Trinajstić information content (AvgIpc) is 2.09. The second-order valence-corrected chi connectivity index (χ2v) is 4.17. The molecule has 0 bridgehead atoms. The van der Waals surface area contributed by atoms with Crippen molar-refractivity contribution in [3.05, 3.63) is 11.4 Å². The third kappa shape index (κ3) is 2.79. The van der Waals surface area contributed by atoms with Crippen LogP contribution in [0.2, 0.25) is 0 Å². The van der Waals surface area contributed by atoms with E-state index in [-0.39, 0.29) is 18.0 Å². The van der Waals surface area contributed by atoms with Crippen molar-refractivity contribution in [3.63, 3.8) is 0 Å². The summed E-state index contributed by atoms with van der Waals surface area (Å²) in [5, 5.41) is 0.450. The summed E-state index contributed by atoms with van der Waals surface area (Å²) < 4.78 is 27.3. The van der Waals surface area contributed by atoms with Crippen molar-refractivity contribution in [1.82, 2.24) is 5.12 Å². The van der Waals surface area contributed by atoms with Crippen LogP contribution < -0.4 is 17.4 Å². The van der Waals surface area contributed by atoms with Crippen molar-refractivity contribution in [1.29, 1.82) is 0 Å². The first kappa shape index (κ1) is 12.2. The SMILES string of the molecule is CC1CC/C(N)=C(/N(N)N)C(F)(F)CC1. The predicted octanol–water partition coefficient (Wildman–Crippen LogP) is 1.05. The van der Waals surface area contributed by atoms with E-state index < -0.39 is 11.6 Å². The summed E-state index contributed by atoms with van der Waals surface area (Å²) in [5.74, 6) is 7.59. The van der Waals surface area contributed by atoms with Gasteiger partial charge in [-0.2, -0.15) is 8.78 Å². The van der Waals surface area contributed by atoms with E-state index in [4.69, 9.17) is 17.4 Å². The van der Waals surface area contributed by atoms with E-state index in [1.807, 2.05) is 6.92 Å². The molecule has 0 aliphatic heterocycles. The molecule has 1 aliphatic carbocycles. The molecule has 0 spiro atoms. The van der Waals surface area contributed by atoms with Crippen LogP contribution in [0.1, 0.15) is 32.6 Å².